The van der Waals surface area contributed by atoms with E-state index >= 15 is 0 Å². The molecule has 0 aliphatic carbocycles. The Labute approximate surface area is 103 Å². The summed E-state index contributed by atoms with van der Waals surface area (Å²) in [4.78, 5) is 17.5. The van der Waals surface area contributed by atoms with Crippen molar-refractivity contribution in [2.45, 2.75) is 6.54 Å². The molecule has 0 fully saturated rings. The average Bonchev–Trinajstić information content (AvgIpc) is 2.38. The Bertz CT molecular complexity index is 595. The third kappa shape index (κ3) is 2.42. The van der Waals surface area contributed by atoms with Gasteiger partial charge in [0.15, 0.2) is 5.69 Å². The summed E-state index contributed by atoms with van der Waals surface area (Å²) in [5, 5.41) is 12.3. The second-order valence-corrected chi connectivity index (χ2v) is 3.60. The summed E-state index contributed by atoms with van der Waals surface area (Å²) in [6.07, 6.45) is 1.14. The molecule has 94 valence electrons. The number of nitrogens with one attached hydrogen (secondary N) is 2. The molecule has 0 unspecified atom stereocenters. The minimum absolute atomic E-state index is 0.0448. The van der Waals surface area contributed by atoms with Crippen LogP contribution in [-0.2, 0) is 6.54 Å². The SMILES string of the molecule is COc1ccccc1CNc1c(O)nc[nH]c1=O. The Morgan fingerprint density at radius 1 is 1.44 bits per heavy atom. The van der Waals surface area contributed by atoms with Crippen molar-refractivity contribution >= 4 is 5.69 Å². The maximum absolute atomic E-state index is 11.5. The monoisotopic (exact) mass is 247 g/mol. The smallest absolute Gasteiger partial charge is 0.278 e. The second kappa shape index (κ2) is 5.22. The molecular weight excluding hydrogens is 234 g/mol. The van der Waals surface area contributed by atoms with Gasteiger partial charge in [0.05, 0.1) is 13.4 Å². The van der Waals surface area contributed by atoms with E-state index in [0.717, 1.165) is 11.9 Å². The van der Waals surface area contributed by atoms with Crippen molar-refractivity contribution in [3.05, 3.63) is 46.5 Å². The van der Waals surface area contributed by atoms with Gasteiger partial charge in [0, 0.05) is 12.1 Å². The molecule has 0 aliphatic heterocycles. The highest BCUT2D eigenvalue weighted by Gasteiger charge is 2.08. The van der Waals surface area contributed by atoms with Crippen LogP contribution < -0.4 is 15.6 Å². The van der Waals surface area contributed by atoms with E-state index in [-0.39, 0.29) is 11.6 Å². The van der Waals surface area contributed by atoms with Crippen LogP contribution >= 0.6 is 0 Å². The number of benzene rings is 1. The molecule has 1 heterocycles. The number of aromatic nitrogens is 2. The Morgan fingerprint density at radius 3 is 2.94 bits per heavy atom. The first-order chi connectivity index (χ1) is 8.72. The topological polar surface area (TPSA) is 87.2 Å². The van der Waals surface area contributed by atoms with E-state index in [4.69, 9.17) is 4.74 Å². The first-order valence-corrected chi connectivity index (χ1v) is 5.35. The second-order valence-electron chi connectivity index (χ2n) is 3.60. The van der Waals surface area contributed by atoms with Gasteiger partial charge >= 0.3 is 0 Å². The van der Waals surface area contributed by atoms with Gasteiger partial charge in [-0.3, -0.25) is 4.79 Å². The fraction of sp³-hybridized carbons (Fsp3) is 0.167. The van der Waals surface area contributed by atoms with Gasteiger partial charge in [0.1, 0.15) is 5.75 Å². The zero-order valence-corrected chi connectivity index (χ0v) is 9.80. The average molecular weight is 247 g/mol. The van der Waals surface area contributed by atoms with Crippen molar-refractivity contribution in [2.24, 2.45) is 0 Å². The maximum atomic E-state index is 11.5. The van der Waals surface area contributed by atoms with Gasteiger partial charge in [-0.15, -0.1) is 0 Å². The van der Waals surface area contributed by atoms with Gasteiger partial charge in [-0.1, -0.05) is 18.2 Å². The molecule has 0 amide bonds. The van der Waals surface area contributed by atoms with Crippen molar-refractivity contribution in [1.29, 1.82) is 0 Å². The molecule has 0 aliphatic rings. The lowest BCUT2D eigenvalue weighted by Gasteiger charge is -2.10. The van der Waals surface area contributed by atoms with E-state index in [2.05, 4.69) is 15.3 Å². The first-order valence-electron chi connectivity index (χ1n) is 5.35. The third-order valence-electron chi connectivity index (χ3n) is 2.48. The quantitative estimate of drug-likeness (QED) is 0.753. The van der Waals surface area contributed by atoms with Gasteiger partial charge in [-0.25, -0.2) is 4.98 Å². The lowest BCUT2D eigenvalue weighted by molar-refractivity contribution is 0.410. The molecule has 2 rings (SSSR count). The Balaban J connectivity index is 2.19. The summed E-state index contributed by atoms with van der Waals surface area (Å²) in [7, 11) is 1.58. The summed E-state index contributed by atoms with van der Waals surface area (Å²) in [6, 6.07) is 7.42. The minimum Gasteiger partial charge on any atom is -0.496 e. The Hall–Kier alpha value is -2.50. The lowest BCUT2D eigenvalue weighted by atomic mass is 10.2. The van der Waals surface area contributed by atoms with Gasteiger partial charge < -0.3 is 20.1 Å². The molecule has 0 atom stereocenters. The Kier molecular flexibility index (Phi) is 3.47. The number of hydrogen-bond acceptors (Lipinski definition) is 5. The molecule has 6 heteroatoms. The number of aromatic amines is 1. The van der Waals surface area contributed by atoms with Crippen LogP contribution in [0.25, 0.3) is 0 Å². The summed E-state index contributed by atoms with van der Waals surface area (Å²) < 4.78 is 5.19. The predicted molar refractivity (Wildman–Crippen MR) is 66.8 cm³/mol. The molecule has 3 N–H and O–H groups in total. The molecule has 18 heavy (non-hydrogen) atoms. The van der Waals surface area contributed by atoms with Crippen LogP contribution in [0.1, 0.15) is 5.56 Å². The number of para-hydroxylation sites is 1. The van der Waals surface area contributed by atoms with E-state index in [1.807, 2.05) is 24.3 Å². The highest BCUT2D eigenvalue weighted by molar-refractivity contribution is 5.50. The van der Waals surface area contributed by atoms with Crippen LogP contribution in [0.15, 0.2) is 35.4 Å². The van der Waals surface area contributed by atoms with Crippen molar-refractivity contribution in [3.63, 3.8) is 0 Å². The number of anilines is 1. The summed E-state index contributed by atoms with van der Waals surface area (Å²) in [6.45, 7) is 0.354. The van der Waals surface area contributed by atoms with E-state index < -0.39 is 5.56 Å². The van der Waals surface area contributed by atoms with Crippen LogP contribution in [0.3, 0.4) is 0 Å². The van der Waals surface area contributed by atoms with Crippen LogP contribution in [0.5, 0.6) is 11.6 Å². The van der Waals surface area contributed by atoms with Crippen molar-refractivity contribution in [1.82, 2.24) is 9.97 Å². The lowest BCUT2D eigenvalue weighted by Crippen LogP contribution is -2.14. The number of methoxy groups -OCH3 is 1. The van der Waals surface area contributed by atoms with E-state index in [1.54, 1.807) is 7.11 Å². The number of nitrogens with zero attached hydrogens (tertiary/aromatic N) is 1. The van der Waals surface area contributed by atoms with Crippen LogP contribution in [0.4, 0.5) is 5.69 Å². The normalized spacial score (nSPS) is 10.1. The summed E-state index contributed by atoms with van der Waals surface area (Å²) in [5.41, 5.74) is 0.503. The number of hydrogen-bond donors (Lipinski definition) is 3. The summed E-state index contributed by atoms with van der Waals surface area (Å²) >= 11 is 0. The zero-order valence-electron chi connectivity index (χ0n) is 9.80. The van der Waals surface area contributed by atoms with Gasteiger partial charge in [0.2, 0.25) is 5.88 Å². The molecule has 0 radical (unpaired) electrons. The molecule has 0 spiro atoms. The number of ether oxygens (including phenoxy) is 1. The van der Waals surface area contributed by atoms with Crippen LogP contribution in [0, 0.1) is 0 Å². The summed E-state index contributed by atoms with van der Waals surface area (Å²) in [5.74, 6) is 0.387. The van der Waals surface area contributed by atoms with E-state index in [0.29, 0.717) is 12.3 Å². The molecule has 1 aromatic heterocycles. The molecule has 1 aromatic carbocycles. The van der Waals surface area contributed by atoms with Crippen molar-refractivity contribution < 1.29 is 9.84 Å². The highest BCUT2D eigenvalue weighted by atomic mass is 16.5. The zero-order chi connectivity index (χ0) is 13.0. The molecule has 0 saturated heterocycles. The van der Waals surface area contributed by atoms with Crippen molar-refractivity contribution in [2.75, 3.05) is 12.4 Å². The third-order valence-corrected chi connectivity index (χ3v) is 2.48. The van der Waals surface area contributed by atoms with Crippen LogP contribution in [0.2, 0.25) is 0 Å². The van der Waals surface area contributed by atoms with E-state index in [1.165, 1.54) is 0 Å². The number of rotatable bonds is 4. The van der Waals surface area contributed by atoms with Crippen LogP contribution in [-0.4, -0.2) is 22.2 Å². The fourth-order valence-corrected chi connectivity index (χ4v) is 1.58. The number of H-pyrrole nitrogens is 1. The molecule has 6 nitrogen and oxygen atoms in total. The predicted octanol–water partition coefficient (Wildman–Crippen LogP) is 1.10. The van der Waals surface area contributed by atoms with Gasteiger partial charge in [-0.05, 0) is 6.07 Å². The molecule has 0 saturated carbocycles. The minimum atomic E-state index is -0.419. The van der Waals surface area contributed by atoms with Crippen molar-refractivity contribution in [3.8, 4) is 11.6 Å². The van der Waals surface area contributed by atoms with Gasteiger partial charge in [-0.2, -0.15) is 0 Å². The maximum Gasteiger partial charge on any atom is 0.278 e. The number of aromatic hydroxyl groups is 1. The molecule has 2 aromatic rings. The van der Waals surface area contributed by atoms with E-state index in [9.17, 15) is 9.90 Å². The fourth-order valence-electron chi connectivity index (χ4n) is 1.58. The standard InChI is InChI=1S/C12H13N3O3/c1-18-9-5-3-2-4-8(9)6-13-10-11(16)14-7-15-12(10)17/h2-5,7,13H,6H2,1H3,(H2,14,15,16,17). The Morgan fingerprint density at radius 2 is 2.22 bits per heavy atom. The molecule has 0 bridgehead atoms. The van der Waals surface area contributed by atoms with Gasteiger partial charge in [0.25, 0.3) is 5.56 Å². The first kappa shape index (κ1) is 12.0. The highest BCUT2D eigenvalue weighted by Crippen LogP contribution is 2.20. The molecular formula is C12H13N3O3. The largest absolute Gasteiger partial charge is 0.496 e.